The van der Waals surface area contributed by atoms with Crippen LogP contribution < -0.4 is 15.0 Å². The third-order valence-corrected chi connectivity index (χ3v) is 5.38. The number of ether oxygens (including phenoxy) is 1. The van der Waals surface area contributed by atoms with Crippen molar-refractivity contribution in [1.29, 1.82) is 0 Å². The second kappa shape index (κ2) is 10.2. The maximum absolute atomic E-state index is 12.6. The minimum atomic E-state index is -0.112. The molecule has 0 heterocycles. The van der Waals surface area contributed by atoms with Gasteiger partial charge in [0.25, 0.3) is 5.91 Å². The number of nitrogens with one attached hydrogen (secondary N) is 2. The van der Waals surface area contributed by atoms with Crippen molar-refractivity contribution in [1.82, 2.24) is 5.32 Å². The van der Waals surface area contributed by atoms with Gasteiger partial charge in [0, 0.05) is 17.0 Å². The number of hydrogen-bond donors (Lipinski definition) is 2. The maximum Gasteiger partial charge on any atom is 0.255 e. The molecule has 0 saturated carbocycles. The second-order valence-electron chi connectivity index (χ2n) is 6.15. The molecule has 0 aliphatic rings. The largest absolute Gasteiger partial charge is 0.496 e. The summed E-state index contributed by atoms with van der Waals surface area (Å²) in [5, 5.41) is 3.04. The lowest BCUT2D eigenvalue weighted by Crippen LogP contribution is -3.10. The van der Waals surface area contributed by atoms with Crippen LogP contribution in [-0.4, -0.2) is 32.4 Å². The number of methoxy groups -OCH3 is 1. The molecule has 0 radical (unpaired) electrons. The topological polar surface area (TPSA) is 42.8 Å². The molecule has 2 rings (SSSR count). The van der Waals surface area contributed by atoms with Crippen LogP contribution in [0.5, 0.6) is 5.75 Å². The van der Waals surface area contributed by atoms with Gasteiger partial charge in [0.2, 0.25) is 0 Å². The molecule has 0 aromatic heterocycles. The fourth-order valence-electron chi connectivity index (χ4n) is 2.93. The summed E-state index contributed by atoms with van der Waals surface area (Å²) in [6.45, 7) is 8.09. The summed E-state index contributed by atoms with van der Waals surface area (Å²) in [7, 11) is 1.60. The summed E-state index contributed by atoms with van der Waals surface area (Å²) in [5.41, 5.74) is 3.02. The van der Waals surface area contributed by atoms with Gasteiger partial charge in [-0.2, -0.15) is 0 Å². The van der Waals surface area contributed by atoms with Crippen LogP contribution >= 0.6 is 11.8 Å². The van der Waals surface area contributed by atoms with E-state index >= 15 is 0 Å². The first-order valence-electron chi connectivity index (χ1n) is 9.03. The van der Waals surface area contributed by atoms with Gasteiger partial charge in [0.15, 0.2) is 0 Å². The fraction of sp³-hybridized carbons (Fsp3) is 0.381. The van der Waals surface area contributed by atoms with Gasteiger partial charge in [-0.1, -0.05) is 24.3 Å². The van der Waals surface area contributed by atoms with Crippen LogP contribution in [0.3, 0.4) is 0 Å². The van der Waals surface area contributed by atoms with E-state index < -0.39 is 0 Å². The van der Waals surface area contributed by atoms with Crippen LogP contribution in [0, 0.1) is 0 Å². The molecule has 2 N–H and O–H groups in total. The third-order valence-electron chi connectivity index (χ3n) is 4.65. The Morgan fingerprint density at radius 3 is 2.42 bits per heavy atom. The number of rotatable bonds is 9. The quantitative estimate of drug-likeness (QED) is 0.664. The molecule has 0 atom stereocenters. The van der Waals surface area contributed by atoms with Crippen molar-refractivity contribution in [3.05, 3.63) is 59.2 Å². The van der Waals surface area contributed by atoms with Crippen molar-refractivity contribution in [2.75, 3.05) is 26.5 Å². The van der Waals surface area contributed by atoms with Crippen molar-refractivity contribution in [3.63, 3.8) is 0 Å². The van der Waals surface area contributed by atoms with Crippen LogP contribution in [0.4, 0.5) is 0 Å². The van der Waals surface area contributed by atoms with E-state index in [1.807, 2.05) is 30.5 Å². The van der Waals surface area contributed by atoms with E-state index in [9.17, 15) is 4.79 Å². The van der Waals surface area contributed by atoms with Crippen molar-refractivity contribution in [3.8, 4) is 5.75 Å². The molecule has 140 valence electrons. The lowest BCUT2D eigenvalue weighted by molar-refractivity contribution is -0.910. The van der Waals surface area contributed by atoms with E-state index in [0.29, 0.717) is 17.9 Å². The van der Waals surface area contributed by atoms with Gasteiger partial charge in [-0.3, -0.25) is 4.79 Å². The highest BCUT2D eigenvalue weighted by Crippen LogP contribution is 2.25. The van der Waals surface area contributed by atoms with E-state index in [0.717, 1.165) is 24.5 Å². The first-order valence-corrected chi connectivity index (χ1v) is 10.3. The van der Waals surface area contributed by atoms with E-state index in [1.165, 1.54) is 16.0 Å². The number of hydrogen-bond acceptors (Lipinski definition) is 3. The first kappa shape index (κ1) is 20.3. The first-order chi connectivity index (χ1) is 12.6. The van der Waals surface area contributed by atoms with Gasteiger partial charge in [-0.05, 0) is 43.9 Å². The molecule has 0 aliphatic heterocycles. The Morgan fingerprint density at radius 1 is 1.12 bits per heavy atom. The second-order valence-corrected chi connectivity index (χ2v) is 7.03. The number of quaternary nitrogens is 1. The van der Waals surface area contributed by atoms with Gasteiger partial charge in [0.05, 0.1) is 25.8 Å². The molecule has 2 aromatic rings. The molecule has 2 aromatic carbocycles. The lowest BCUT2D eigenvalue weighted by Gasteiger charge is -2.18. The Bertz CT molecular complexity index is 730. The van der Waals surface area contributed by atoms with Crippen LogP contribution in [0.1, 0.15) is 35.3 Å². The zero-order chi connectivity index (χ0) is 18.9. The molecule has 0 saturated heterocycles. The SMILES string of the molecule is CC[NH+](CC)Cc1ccccc1CNC(=O)c1ccc(SC)cc1OC. The molecule has 4 nitrogen and oxygen atoms in total. The minimum absolute atomic E-state index is 0.112. The van der Waals surface area contributed by atoms with Crippen molar-refractivity contribution >= 4 is 17.7 Å². The van der Waals surface area contributed by atoms with Gasteiger partial charge in [0.1, 0.15) is 12.3 Å². The lowest BCUT2D eigenvalue weighted by atomic mass is 10.1. The van der Waals surface area contributed by atoms with Gasteiger partial charge >= 0.3 is 0 Å². The summed E-state index contributed by atoms with van der Waals surface area (Å²) in [6, 6.07) is 14.0. The summed E-state index contributed by atoms with van der Waals surface area (Å²) in [6.07, 6.45) is 2.00. The summed E-state index contributed by atoms with van der Waals surface area (Å²) >= 11 is 1.63. The average Bonchev–Trinajstić information content (AvgIpc) is 2.70. The normalized spacial score (nSPS) is 10.8. The molecule has 0 fully saturated rings. The maximum atomic E-state index is 12.6. The highest BCUT2D eigenvalue weighted by Gasteiger charge is 2.14. The smallest absolute Gasteiger partial charge is 0.255 e. The number of thioether (sulfide) groups is 1. The molecule has 0 bridgehead atoms. The Labute approximate surface area is 160 Å². The van der Waals surface area contributed by atoms with Crippen LogP contribution in [-0.2, 0) is 13.1 Å². The monoisotopic (exact) mass is 373 g/mol. The number of carbonyl (C=O) groups excluding carboxylic acids is 1. The van der Waals surface area contributed by atoms with E-state index in [1.54, 1.807) is 18.9 Å². The standard InChI is InChI=1S/C21H28N2O2S/c1-5-23(6-2)15-17-10-8-7-9-16(17)14-22-21(24)19-12-11-18(26-4)13-20(19)25-3/h7-13H,5-6,14-15H2,1-4H3,(H,22,24)/p+1. The predicted molar refractivity (Wildman–Crippen MR) is 108 cm³/mol. The van der Waals surface area contributed by atoms with E-state index in [2.05, 4.69) is 37.4 Å². The predicted octanol–water partition coefficient (Wildman–Crippen LogP) is 2.77. The molecule has 1 amide bonds. The Kier molecular flexibility index (Phi) is 8.01. The highest BCUT2D eigenvalue weighted by atomic mass is 32.2. The summed E-state index contributed by atoms with van der Waals surface area (Å²) < 4.78 is 5.39. The minimum Gasteiger partial charge on any atom is -0.496 e. The number of carbonyl (C=O) groups is 1. The Morgan fingerprint density at radius 2 is 1.81 bits per heavy atom. The summed E-state index contributed by atoms with van der Waals surface area (Å²) in [5.74, 6) is 0.495. The number of benzene rings is 2. The highest BCUT2D eigenvalue weighted by molar-refractivity contribution is 7.98. The average molecular weight is 374 g/mol. The van der Waals surface area contributed by atoms with Gasteiger partial charge < -0.3 is 15.0 Å². The molecule has 5 heteroatoms. The molecular formula is C21H29N2O2S+. The van der Waals surface area contributed by atoms with Crippen molar-refractivity contribution in [2.45, 2.75) is 31.8 Å². The van der Waals surface area contributed by atoms with Crippen molar-refractivity contribution in [2.24, 2.45) is 0 Å². The van der Waals surface area contributed by atoms with Gasteiger partial charge in [-0.15, -0.1) is 11.8 Å². The number of amides is 1. The zero-order valence-corrected chi connectivity index (χ0v) is 16.9. The molecule has 26 heavy (non-hydrogen) atoms. The fourth-order valence-corrected chi connectivity index (χ4v) is 3.36. The molecular weight excluding hydrogens is 344 g/mol. The van der Waals surface area contributed by atoms with E-state index in [4.69, 9.17) is 4.74 Å². The molecule has 0 unspecified atom stereocenters. The van der Waals surface area contributed by atoms with Crippen LogP contribution in [0.2, 0.25) is 0 Å². The van der Waals surface area contributed by atoms with E-state index in [-0.39, 0.29) is 5.91 Å². The summed E-state index contributed by atoms with van der Waals surface area (Å²) in [4.78, 5) is 15.2. The molecule has 0 aliphatic carbocycles. The zero-order valence-electron chi connectivity index (χ0n) is 16.1. The van der Waals surface area contributed by atoms with Crippen LogP contribution in [0.25, 0.3) is 0 Å². The Hall–Kier alpha value is -1.98. The molecule has 0 spiro atoms. The Balaban J connectivity index is 2.10. The van der Waals surface area contributed by atoms with Crippen molar-refractivity contribution < 1.29 is 14.4 Å². The van der Waals surface area contributed by atoms with Crippen LogP contribution in [0.15, 0.2) is 47.4 Å². The van der Waals surface area contributed by atoms with Gasteiger partial charge in [-0.25, -0.2) is 0 Å². The third kappa shape index (κ3) is 5.26.